The van der Waals surface area contributed by atoms with Gasteiger partial charge in [-0.1, -0.05) is 12.2 Å². The van der Waals surface area contributed by atoms with Crippen LogP contribution in [0, 0.1) is 11.6 Å². The van der Waals surface area contributed by atoms with Crippen LogP contribution in [0.4, 0.5) is 8.78 Å². The molecule has 0 saturated carbocycles. The second kappa shape index (κ2) is 4.21. The summed E-state index contributed by atoms with van der Waals surface area (Å²) in [6.07, 6.45) is 0. The molecule has 17 heavy (non-hydrogen) atoms. The van der Waals surface area contributed by atoms with Crippen LogP contribution in [-0.4, -0.2) is 12.0 Å². The third kappa shape index (κ3) is 2.03. The standard InChI is InChI=1S/C11H8F2N2OS/c1-15-11-7(10(14)17)3-5-2-6(12)4-8(13)9(5)16-11/h2-4H,1H3,(H2,14,17). The van der Waals surface area contributed by atoms with E-state index >= 15 is 0 Å². The van der Waals surface area contributed by atoms with E-state index in [-0.39, 0.29) is 21.5 Å². The molecule has 1 heterocycles. The minimum atomic E-state index is -0.792. The average molecular weight is 254 g/mol. The number of hydrogen-bond donors (Lipinski definition) is 1. The van der Waals surface area contributed by atoms with E-state index in [1.54, 1.807) is 0 Å². The summed E-state index contributed by atoms with van der Waals surface area (Å²) in [5, 5.41) is 0.248. The Morgan fingerprint density at radius 3 is 2.65 bits per heavy atom. The number of hydrogen-bond acceptors (Lipinski definition) is 3. The number of halogens is 2. The lowest BCUT2D eigenvalue weighted by Gasteiger charge is -2.03. The Kier molecular flexibility index (Phi) is 2.89. The van der Waals surface area contributed by atoms with E-state index in [9.17, 15) is 8.78 Å². The van der Waals surface area contributed by atoms with Gasteiger partial charge in [0.25, 0.3) is 0 Å². The van der Waals surface area contributed by atoms with Crippen LogP contribution in [0.25, 0.3) is 11.0 Å². The maximum Gasteiger partial charge on any atom is 0.224 e. The van der Waals surface area contributed by atoms with Gasteiger partial charge in [0, 0.05) is 18.5 Å². The monoisotopic (exact) mass is 254 g/mol. The minimum Gasteiger partial charge on any atom is -0.435 e. The molecular weight excluding hydrogens is 246 g/mol. The van der Waals surface area contributed by atoms with E-state index in [4.69, 9.17) is 22.4 Å². The van der Waals surface area contributed by atoms with Crippen LogP contribution in [0.5, 0.6) is 0 Å². The Balaban J connectivity index is 2.93. The maximum atomic E-state index is 13.5. The fraction of sp³-hybridized carbons (Fsp3) is 0.0909. The van der Waals surface area contributed by atoms with Crippen molar-refractivity contribution in [1.29, 1.82) is 0 Å². The van der Waals surface area contributed by atoms with E-state index in [0.717, 1.165) is 12.1 Å². The third-order valence-corrected chi connectivity index (χ3v) is 2.45. The smallest absolute Gasteiger partial charge is 0.224 e. The molecule has 0 atom stereocenters. The van der Waals surface area contributed by atoms with Gasteiger partial charge in [0.2, 0.25) is 5.55 Å². The normalized spacial score (nSPS) is 12.1. The van der Waals surface area contributed by atoms with E-state index in [2.05, 4.69) is 4.99 Å². The molecule has 0 bridgehead atoms. The van der Waals surface area contributed by atoms with Gasteiger partial charge in [0.15, 0.2) is 11.4 Å². The molecule has 0 aliphatic heterocycles. The van der Waals surface area contributed by atoms with E-state index in [1.807, 2.05) is 0 Å². The van der Waals surface area contributed by atoms with Gasteiger partial charge in [-0.3, -0.25) is 4.99 Å². The van der Waals surface area contributed by atoms with Crippen LogP contribution in [0.1, 0.15) is 5.56 Å². The molecular formula is C11H8F2N2OS. The van der Waals surface area contributed by atoms with Crippen LogP contribution < -0.4 is 11.3 Å². The Morgan fingerprint density at radius 1 is 1.35 bits per heavy atom. The first kappa shape index (κ1) is 11.7. The van der Waals surface area contributed by atoms with Crippen LogP contribution >= 0.6 is 12.2 Å². The Bertz CT molecular complexity index is 679. The molecule has 2 rings (SSSR count). The van der Waals surface area contributed by atoms with Crippen LogP contribution in [0.2, 0.25) is 0 Å². The summed E-state index contributed by atoms with van der Waals surface area (Å²) in [6, 6.07) is 3.34. The summed E-state index contributed by atoms with van der Waals surface area (Å²) in [5.41, 5.74) is 5.87. The van der Waals surface area contributed by atoms with Gasteiger partial charge in [-0.25, -0.2) is 8.78 Å². The van der Waals surface area contributed by atoms with Gasteiger partial charge >= 0.3 is 0 Å². The highest BCUT2D eigenvalue weighted by atomic mass is 32.1. The summed E-state index contributed by atoms with van der Waals surface area (Å²) in [6.45, 7) is 0. The molecule has 0 aliphatic carbocycles. The molecule has 0 aliphatic rings. The van der Waals surface area contributed by atoms with Gasteiger partial charge in [-0.15, -0.1) is 0 Å². The van der Waals surface area contributed by atoms with Crippen molar-refractivity contribution >= 4 is 28.2 Å². The number of thiocarbonyl (C=S) groups is 1. The fourth-order valence-corrected chi connectivity index (χ4v) is 1.65. The SMILES string of the molecule is CN=c1oc2c(F)cc(F)cc2cc1C(N)=S. The molecule has 0 fully saturated rings. The summed E-state index contributed by atoms with van der Waals surface area (Å²) in [4.78, 5) is 3.87. The first-order valence-electron chi connectivity index (χ1n) is 4.68. The van der Waals surface area contributed by atoms with E-state index < -0.39 is 11.6 Å². The van der Waals surface area contributed by atoms with Gasteiger partial charge in [-0.05, 0) is 12.1 Å². The first-order valence-corrected chi connectivity index (χ1v) is 5.09. The van der Waals surface area contributed by atoms with Crippen LogP contribution in [0.15, 0.2) is 27.6 Å². The third-order valence-electron chi connectivity index (χ3n) is 2.23. The quantitative estimate of drug-likeness (QED) is 0.790. The minimum absolute atomic E-state index is 0.0564. The van der Waals surface area contributed by atoms with Gasteiger partial charge < -0.3 is 10.2 Å². The predicted octanol–water partition coefficient (Wildman–Crippen LogP) is 1.88. The topological polar surface area (TPSA) is 51.5 Å². The predicted molar refractivity (Wildman–Crippen MR) is 63.5 cm³/mol. The Labute approximate surface area is 101 Å². The number of nitrogens with two attached hydrogens (primary N) is 1. The maximum absolute atomic E-state index is 13.5. The van der Waals surface area contributed by atoms with E-state index in [1.165, 1.54) is 13.1 Å². The number of fused-ring (bicyclic) bond motifs is 1. The molecule has 0 radical (unpaired) electrons. The lowest BCUT2D eigenvalue weighted by Crippen LogP contribution is -2.20. The molecule has 0 unspecified atom stereocenters. The number of nitrogens with zero attached hydrogens (tertiary/aromatic N) is 1. The van der Waals surface area contributed by atoms with Crippen molar-refractivity contribution in [3.63, 3.8) is 0 Å². The highest BCUT2D eigenvalue weighted by Gasteiger charge is 2.11. The second-order valence-electron chi connectivity index (χ2n) is 3.36. The van der Waals surface area contributed by atoms with Crippen molar-refractivity contribution in [1.82, 2.24) is 0 Å². The van der Waals surface area contributed by atoms with Crippen molar-refractivity contribution in [2.24, 2.45) is 10.7 Å². The zero-order chi connectivity index (χ0) is 12.6. The number of benzene rings is 1. The van der Waals surface area contributed by atoms with Crippen molar-refractivity contribution in [3.8, 4) is 0 Å². The van der Waals surface area contributed by atoms with Crippen molar-refractivity contribution in [3.05, 3.63) is 41.0 Å². The molecule has 6 heteroatoms. The Hall–Kier alpha value is -1.82. The lowest BCUT2D eigenvalue weighted by atomic mass is 10.1. The average Bonchev–Trinajstić information content (AvgIpc) is 2.27. The summed E-state index contributed by atoms with van der Waals surface area (Å²) >= 11 is 4.81. The Morgan fingerprint density at radius 2 is 2.06 bits per heavy atom. The molecule has 88 valence electrons. The van der Waals surface area contributed by atoms with Crippen molar-refractivity contribution < 1.29 is 13.2 Å². The highest BCUT2D eigenvalue weighted by molar-refractivity contribution is 7.80. The van der Waals surface area contributed by atoms with Gasteiger partial charge in [0.05, 0.1) is 5.56 Å². The first-order chi connectivity index (χ1) is 8.02. The van der Waals surface area contributed by atoms with Crippen molar-refractivity contribution in [2.75, 3.05) is 7.05 Å². The highest BCUT2D eigenvalue weighted by Crippen LogP contribution is 2.19. The molecule has 0 saturated heterocycles. The lowest BCUT2D eigenvalue weighted by molar-refractivity contribution is 0.503. The van der Waals surface area contributed by atoms with Gasteiger partial charge in [-0.2, -0.15) is 0 Å². The van der Waals surface area contributed by atoms with Crippen molar-refractivity contribution in [2.45, 2.75) is 0 Å². The zero-order valence-electron chi connectivity index (χ0n) is 8.83. The molecule has 3 nitrogen and oxygen atoms in total. The fourth-order valence-electron chi connectivity index (χ4n) is 1.51. The van der Waals surface area contributed by atoms with Gasteiger partial charge in [0.1, 0.15) is 10.8 Å². The number of rotatable bonds is 1. The van der Waals surface area contributed by atoms with Crippen LogP contribution in [0.3, 0.4) is 0 Å². The molecule has 0 spiro atoms. The molecule has 1 aromatic carbocycles. The molecule has 2 aromatic rings. The second-order valence-corrected chi connectivity index (χ2v) is 3.80. The zero-order valence-corrected chi connectivity index (χ0v) is 9.65. The summed E-state index contributed by atoms with van der Waals surface area (Å²) < 4.78 is 31.7. The van der Waals surface area contributed by atoms with E-state index in [0.29, 0.717) is 5.56 Å². The summed E-state index contributed by atoms with van der Waals surface area (Å²) in [5.74, 6) is -1.49. The molecule has 0 amide bonds. The molecule has 2 N–H and O–H groups in total. The summed E-state index contributed by atoms with van der Waals surface area (Å²) in [7, 11) is 1.47. The largest absolute Gasteiger partial charge is 0.435 e. The van der Waals surface area contributed by atoms with Crippen LogP contribution in [-0.2, 0) is 0 Å². The molecule has 1 aromatic heterocycles.